The Kier molecular flexibility index (Phi) is 5.87. The van der Waals surface area contributed by atoms with E-state index in [1.54, 1.807) is 0 Å². The minimum Gasteiger partial charge on any atom is -0.317 e. The third-order valence-electron chi connectivity index (χ3n) is 2.83. The van der Waals surface area contributed by atoms with Crippen LogP contribution in [0.2, 0.25) is 0 Å². The Morgan fingerprint density at radius 1 is 1.40 bits per heavy atom. The summed E-state index contributed by atoms with van der Waals surface area (Å²) in [4.78, 5) is 1.48. The van der Waals surface area contributed by atoms with Crippen molar-refractivity contribution in [2.45, 2.75) is 27.2 Å². The minimum absolute atomic E-state index is 0.742. The zero-order valence-corrected chi connectivity index (χ0v) is 12.1. The number of halogens is 1. The highest BCUT2D eigenvalue weighted by Gasteiger charge is 2.13. The number of nitrogens with one attached hydrogen (secondary N) is 1. The molecule has 0 saturated heterocycles. The van der Waals surface area contributed by atoms with Gasteiger partial charge in [0.2, 0.25) is 0 Å². The van der Waals surface area contributed by atoms with Gasteiger partial charge in [0.25, 0.3) is 0 Å². The van der Waals surface area contributed by atoms with Crippen molar-refractivity contribution >= 4 is 27.3 Å². The molecule has 1 heterocycles. The molecule has 2 atom stereocenters. The first-order valence-corrected chi connectivity index (χ1v) is 7.24. The van der Waals surface area contributed by atoms with Crippen molar-refractivity contribution in [3.63, 3.8) is 0 Å². The SMILES string of the molecule is CCNCC(C)C(C)Cc1cc(Br)cs1. The molecule has 0 amide bonds. The third-order valence-corrected chi connectivity index (χ3v) is 4.55. The van der Waals surface area contributed by atoms with Gasteiger partial charge in [0, 0.05) is 14.7 Å². The van der Waals surface area contributed by atoms with E-state index in [0.29, 0.717) is 0 Å². The molecule has 0 saturated carbocycles. The molecule has 0 aromatic carbocycles. The fourth-order valence-corrected chi connectivity index (χ4v) is 3.15. The molecular weight excluding hydrogens is 270 g/mol. The molecule has 15 heavy (non-hydrogen) atoms. The van der Waals surface area contributed by atoms with Crippen molar-refractivity contribution in [3.8, 4) is 0 Å². The molecule has 0 aliphatic heterocycles. The maximum atomic E-state index is 3.50. The molecule has 0 aliphatic rings. The standard InChI is InChI=1S/C12H20BrNS/c1-4-14-7-10(3)9(2)5-12-6-11(13)8-15-12/h6,8-10,14H,4-5,7H2,1-3H3. The summed E-state index contributed by atoms with van der Waals surface area (Å²) in [5.74, 6) is 1.49. The Bertz CT molecular complexity index is 285. The second kappa shape index (κ2) is 6.66. The first-order valence-electron chi connectivity index (χ1n) is 5.57. The van der Waals surface area contributed by atoms with Gasteiger partial charge in [-0.25, -0.2) is 0 Å². The molecule has 0 aliphatic carbocycles. The minimum atomic E-state index is 0.742. The first-order chi connectivity index (χ1) is 7.13. The van der Waals surface area contributed by atoms with E-state index in [2.05, 4.69) is 53.5 Å². The van der Waals surface area contributed by atoms with Gasteiger partial charge in [-0.2, -0.15) is 0 Å². The highest BCUT2D eigenvalue weighted by Crippen LogP contribution is 2.24. The Morgan fingerprint density at radius 2 is 2.13 bits per heavy atom. The average Bonchev–Trinajstić information content (AvgIpc) is 2.60. The van der Waals surface area contributed by atoms with Gasteiger partial charge in [-0.1, -0.05) is 20.8 Å². The molecule has 1 aromatic rings. The van der Waals surface area contributed by atoms with Gasteiger partial charge in [-0.15, -0.1) is 11.3 Å². The lowest BCUT2D eigenvalue weighted by molar-refractivity contribution is 0.370. The van der Waals surface area contributed by atoms with E-state index >= 15 is 0 Å². The topological polar surface area (TPSA) is 12.0 Å². The Balaban J connectivity index is 2.37. The predicted octanol–water partition coefficient (Wildman–Crippen LogP) is 3.93. The van der Waals surface area contributed by atoms with E-state index in [9.17, 15) is 0 Å². The van der Waals surface area contributed by atoms with Crippen LogP contribution in [0.5, 0.6) is 0 Å². The number of thiophene rings is 1. The lowest BCUT2D eigenvalue weighted by atomic mass is 9.92. The molecule has 0 bridgehead atoms. The Labute approximate surface area is 105 Å². The van der Waals surface area contributed by atoms with Crippen LogP contribution in [0.4, 0.5) is 0 Å². The van der Waals surface area contributed by atoms with Gasteiger partial charge in [-0.05, 0) is 53.3 Å². The van der Waals surface area contributed by atoms with E-state index in [0.717, 1.165) is 24.9 Å². The largest absolute Gasteiger partial charge is 0.317 e. The van der Waals surface area contributed by atoms with Crippen LogP contribution in [0.15, 0.2) is 15.9 Å². The molecule has 0 spiro atoms. The average molecular weight is 290 g/mol. The molecule has 1 aromatic heterocycles. The normalized spacial score (nSPS) is 15.2. The van der Waals surface area contributed by atoms with Crippen LogP contribution in [0.25, 0.3) is 0 Å². The van der Waals surface area contributed by atoms with Crippen molar-refractivity contribution in [1.29, 1.82) is 0 Å². The number of hydrogen-bond acceptors (Lipinski definition) is 2. The van der Waals surface area contributed by atoms with E-state index in [1.165, 1.54) is 15.8 Å². The van der Waals surface area contributed by atoms with Crippen LogP contribution in [0.1, 0.15) is 25.6 Å². The smallest absolute Gasteiger partial charge is 0.0285 e. The first kappa shape index (κ1) is 13.2. The second-order valence-corrected chi connectivity index (χ2v) is 6.11. The van der Waals surface area contributed by atoms with Gasteiger partial charge < -0.3 is 5.32 Å². The summed E-state index contributed by atoms with van der Waals surface area (Å²) >= 11 is 5.35. The molecule has 2 unspecified atom stereocenters. The molecule has 0 fully saturated rings. The summed E-state index contributed by atoms with van der Waals surface area (Å²) in [5.41, 5.74) is 0. The lowest BCUT2D eigenvalue weighted by Gasteiger charge is -2.19. The zero-order chi connectivity index (χ0) is 11.3. The van der Waals surface area contributed by atoms with Crippen LogP contribution in [0.3, 0.4) is 0 Å². The molecule has 1 N–H and O–H groups in total. The van der Waals surface area contributed by atoms with Crippen LogP contribution in [-0.4, -0.2) is 13.1 Å². The fraction of sp³-hybridized carbons (Fsp3) is 0.667. The Morgan fingerprint density at radius 3 is 2.67 bits per heavy atom. The van der Waals surface area contributed by atoms with Crippen LogP contribution >= 0.6 is 27.3 Å². The van der Waals surface area contributed by atoms with Gasteiger partial charge in [0.1, 0.15) is 0 Å². The second-order valence-electron chi connectivity index (χ2n) is 4.20. The van der Waals surface area contributed by atoms with Gasteiger partial charge in [-0.3, -0.25) is 0 Å². The molecule has 1 nitrogen and oxygen atoms in total. The summed E-state index contributed by atoms with van der Waals surface area (Å²) in [6.45, 7) is 9.03. The van der Waals surface area contributed by atoms with E-state index in [-0.39, 0.29) is 0 Å². The third kappa shape index (κ3) is 4.66. The highest BCUT2D eigenvalue weighted by molar-refractivity contribution is 9.10. The van der Waals surface area contributed by atoms with Crippen LogP contribution < -0.4 is 5.32 Å². The molecule has 1 rings (SSSR count). The molecule has 3 heteroatoms. The van der Waals surface area contributed by atoms with Crippen molar-refractivity contribution < 1.29 is 0 Å². The van der Waals surface area contributed by atoms with Crippen molar-refractivity contribution in [2.75, 3.05) is 13.1 Å². The maximum absolute atomic E-state index is 3.50. The molecular formula is C12H20BrNS. The maximum Gasteiger partial charge on any atom is 0.0285 e. The van der Waals surface area contributed by atoms with Crippen molar-refractivity contribution in [1.82, 2.24) is 5.32 Å². The van der Waals surface area contributed by atoms with Gasteiger partial charge >= 0.3 is 0 Å². The van der Waals surface area contributed by atoms with Crippen LogP contribution in [0, 0.1) is 11.8 Å². The summed E-state index contributed by atoms with van der Waals surface area (Å²) in [5, 5.41) is 5.58. The van der Waals surface area contributed by atoms with Crippen LogP contribution in [-0.2, 0) is 6.42 Å². The fourth-order valence-electron chi connectivity index (χ4n) is 1.55. The monoisotopic (exact) mass is 289 g/mol. The summed E-state index contributed by atoms with van der Waals surface area (Å²) in [6, 6.07) is 2.24. The van der Waals surface area contributed by atoms with E-state index in [4.69, 9.17) is 0 Å². The lowest BCUT2D eigenvalue weighted by Crippen LogP contribution is -2.25. The van der Waals surface area contributed by atoms with Gasteiger partial charge in [0.05, 0.1) is 0 Å². The van der Waals surface area contributed by atoms with Crippen molar-refractivity contribution in [3.05, 3.63) is 20.8 Å². The van der Waals surface area contributed by atoms with Crippen molar-refractivity contribution in [2.24, 2.45) is 11.8 Å². The predicted molar refractivity (Wildman–Crippen MR) is 72.6 cm³/mol. The summed E-state index contributed by atoms with van der Waals surface area (Å²) in [7, 11) is 0. The quantitative estimate of drug-likeness (QED) is 0.837. The summed E-state index contributed by atoms with van der Waals surface area (Å²) < 4.78 is 1.22. The van der Waals surface area contributed by atoms with E-state index in [1.807, 2.05) is 11.3 Å². The Hall–Kier alpha value is 0.140. The molecule has 0 radical (unpaired) electrons. The zero-order valence-electron chi connectivity index (χ0n) is 9.72. The highest BCUT2D eigenvalue weighted by atomic mass is 79.9. The summed E-state index contributed by atoms with van der Waals surface area (Å²) in [6.07, 6.45) is 1.20. The van der Waals surface area contributed by atoms with Gasteiger partial charge in [0.15, 0.2) is 0 Å². The van der Waals surface area contributed by atoms with E-state index < -0.39 is 0 Å². The number of rotatable bonds is 6. The molecule has 86 valence electrons. The number of hydrogen-bond donors (Lipinski definition) is 1.